The Kier molecular flexibility index (Phi) is 8.28. The van der Waals surface area contributed by atoms with Crippen molar-refractivity contribution in [2.45, 2.75) is 68.3 Å². The maximum atomic E-state index is 13.6. The molecule has 2 aliphatic rings. The SMILES string of the molecule is CC(Sc1nc2sc3c(c2c(=O)n1-c1ccccc1)CCC3)C(=O)NC1CCCC1.CN(C)C=O. The minimum absolute atomic E-state index is 0.0171. The van der Waals surface area contributed by atoms with E-state index in [4.69, 9.17) is 4.98 Å². The van der Waals surface area contributed by atoms with Gasteiger partial charge in [0.1, 0.15) is 4.83 Å². The molecule has 0 radical (unpaired) electrons. The fraction of sp³-hybridized carbons (Fsp3) is 0.462. The van der Waals surface area contributed by atoms with Gasteiger partial charge in [0.15, 0.2) is 5.16 Å². The molecule has 1 unspecified atom stereocenters. The normalized spacial score (nSPS) is 15.9. The van der Waals surface area contributed by atoms with Crippen LogP contribution in [0.3, 0.4) is 0 Å². The Morgan fingerprint density at radius 2 is 1.89 bits per heavy atom. The van der Waals surface area contributed by atoms with Gasteiger partial charge in [0.05, 0.1) is 16.3 Å². The van der Waals surface area contributed by atoms with E-state index in [2.05, 4.69) is 5.32 Å². The van der Waals surface area contributed by atoms with Crippen LogP contribution in [0.2, 0.25) is 0 Å². The summed E-state index contributed by atoms with van der Waals surface area (Å²) in [6, 6.07) is 9.92. The number of carbonyl (C=O) groups is 2. The minimum Gasteiger partial charge on any atom is -0.352 e. The molecule has 1 fully saturated rings. The van der Waals surface area contributed by atoms with E-state index in [0.29, 0.717) is 5.16 Å². The molecule has 1 N–H and O–H groups in total. The molecular formula is C26H32N4O3S2. The van der Waals surface area contributed by atoms with Crippen LogP contribution in [0.4, 0.5) is 0 Å². The Labute approximate surface area is 213 Å². The monoisotopic (exact) mass is 512 g/mol. The van der Waals surface area contributed by atoms with Crippen LogP contribution in [-0.4, -0.2) is 52.2 Å². The third kappa shape index (κ3) is 5.78. The molecular weight excluding hydrogens is 480 g/mol. The molecule has 9 heteroatoms. The van der Waals surface area contributed by atoms with Crippen molar-refractivity contribution in [3.63, 3.8) is 0 Å². The van der Waals surface area contributed by atoms with Gasteiger partial charge in [0, 0.05) is 25.0 Å². The molecule has 0 bridgehead atoms. The van der Waals surface area contributed by atoms with Gasteiger partial charge < -0.3 is 10.2 Å². The standard InChI is InChI=1S/C23H25N3O2S2.C3H7NO/c1-14(20(27)24-15-8-5-6-9-15)29-23-25-21-19(17-12-7-13-18(17)30-21)22(28)26(23)16-10-3-2-4-11-16;1-4(2)3-5/h2-4,10-11,14-15H,5-9,12-13H2,1H3,(H,24,27);3H,1-2H3. The molecule has 186 valence electrons. The van der Waals surface area contributed by atoms with Crippen LogP contribution in [0.5, 0.6) is 0 Å². The number of thioether (sulfide) groups is 1. The molecule has 35 heavy (non-hydrogen) atoms. The van der Waals surface area contributed by atoms with Crippen LogP contribution in [0, 0.1) is 0 Å². The molecule has 2 heterocycles. The fourth-order valence-electron chi connectivity index (χ4n) is 4.51. The molecule has 1 atom stereocenters. The molecule has 1 saturated carbocycles. The first-order valence-electron chi connectivity index (χ1n) is 12.1. The Morgan fingerprint density at radius 3 is 2.54 bits per heavy atom. The van der Waals surface area contributed by atoms with Gasteiger partial charge in [-0.25, -0.2) is 4.98 Å². The fourth-order valence-corrected chi connectivity index (χ4v) is 6.75. The van der Waals surface area contributed by atoms with Crippen LogP contribution in [0.1, 0.15) is 49.5 Å². The van der Waals surface area contributed by atoms with Gasteiger partial charge in [-0.1, -0.05) is 42.8 Å². The van der Waals surface area contributed by atoms with Crippen molar-refractivity contribution in [3.8, 4) is 5.69 Å². The number of thiophene rings is 1. The number of hydrogen-bond acceptors (Lipinski definition) is 6. The summed E-state index contributed by atoms with van der Waals surface area (Å²) in [4.78, 5) is 44.3. The number of para-hydroxylation sites is 1. The van der Waals surface area contributed by atoms with Gasteiger partial charge in [-0.05, 0) is 56.7 Å². The molecule has 5 rings (SSSR count). The number of carbonyl (C=O) groups excluding carboxylic acids is 2. The second-order valence-electron chi connectivity index (χ2n) is 9.23. The summed E-state index contributed by atoms with van der Waals surface area (Å²) in [6.45, 7) is 1.90. The van der Waals surface area contributed by atoms with Gasteiger partial charge in [-0.3, -0.25) is 19.0 Å². The number of amides is 2. The lowest BCUT2D eigenvalue weighted by atomic mass is 10.2. The van der Waals surface area contributed by atoms with Gasteiger partial charge in [-0.15, -0.1) is 11.3 Å². The Hall–Kier alpha value is -2.65. The zero-order valence-electron chi connectivity index (χ0n) is 20.5. The predicted octanol–water partition coefficient (Wildman–Crippen LogP) is 4.18. The van der Waals surface area contributed by atoms with Crippen LogP contribution in [0.25, 0.3) is 15.9 Å². The maximum absolute atomic E-state index is 13.6. The van der Waals surface area contributed by atoms with Crippen LogP contribution >= 0.6 is 23.1 Å². The topological polar surface area (TPSA) is 84.3 Å². The van der Waals surface area contributed by atoms with E-state index in [1.165, 1.54) is 39.9 Å². The first-order chi connectivity index (χ1) is 16.9. The summed E-state index contributed by atoms with van der Waals surface area (Å²) < 4.78 is 1.69. The number of fused-ring (bicyclic) bond motifs is 3. The summed E-state index contributed by atoms with van der Waals surface area (Å²) in [6.07, 6.45) is 8.32. The molecule has 3 aromatic rings. The number of aromatic nitrogens is 2. The lowest BCUT2D eigenvalue weighted by molar-refractivity contribution is -0.121. The zero-order valence-corrected chi connectivity index (χ0v) is 22.1. The molecule has 1 aromatic carbocycles. The van der Waals surface area contributed by atoms with Crippen LogP contribution < -0.4 is 10.9 Å². The minimum atomic E-state index is -0.322. The highest BCUT2D eigenvalue weighted by Crippen LogP contribution is 2.36. The first kappa shape index (κ1) is 25.4. The van der Waals surface area contributed by atoms with Crippen molar-refractivity contribution >= 4 is 45.6 Å². The molecule has 2 amide bonds. The second-order valence-corrected chi connectivity index (χ2v) is 11.6. The van der Waals surface area contributed by atoms with E-state index in [1.54, 1.807) is 30.0 Å². The maximum Gasteiger partial charge on any atom is 0.267 e. The summed E-state index contributed by atoms with van der Waals surface area (Å²) >= 11 is 3.01. The molecule has 0 spiro atoms. The molecule has 2 aromatic heterocycles. The number of benzene rings is 1. The highest BCUT2D eigenvalue weighted by molar-refractivity contribution is 8.00. The van der Waals surface area contributed by atoms with E-state index in [0.717, 1.165) is 54.4 Å². The van der Waals surface area contributed by atoms with Gasteiger partial charge in [0.25, 0.3) is 5.56 Å². The molecule has 2 aliphatic carbocycles. The van der Waals surface area contributed by atoms with Crippen molar-refractivity contribution in [2.24, 2.45) is 0 Å². The highest BCUT2D eigenvalue weighted by Gasteiger charge is 2.27. The first-order valence-corrected chi connectivity index (χ1v) is 13.8. The third-order valence-electron chi connectivity index (χ3n) is 6.29. The van der Waals surface area contributed by atoms with Crippen molar-refractivity contribution in [1.82, 2.24) is 19.8 Å². The quantitative estimate of drug-likeness (QED) is 0.304. The van der Waals surface area contributed by atoms with Crippen molar-refractivity contribution in [1.29, 1.82) is 0 Å². The molecule has 0 saturated heterocycles. The lowest BCUT2D eigenvalue weighted by Crippen LogP contribution is -2.38. The van der Waals surface area contributed by atoms with Crippen molar-refractivity contribution < 1.29 is 9.59 Å². The van der Waals surface area contributed by atoms with E-state index < -0.39 is 0 Å². The smallest absolute Gasteiger partial charge is 0.267 e. The van der Waals surface area contributed by atoms with Gasteiger partial charge >= 0.3 is 0 Å². The van der Waals surface area contributed by atoms with Gasteiger partial charge in [0.2, 0.25) is 12.3 Å². The van der Waals surface area contributed by atoms with E-state index in [1.807, 2.05) is 37.3 Å². The highest BCUT2D eigenvalue weighted by atomic mass is 32.2. The molecule has 7 nitrogen and oxygen atoms in total. The Morgan fingerprint density at radius 1 is 1.20 bits per heavy atom. The number of nitrogens with one attached hydrogen (secondary N) is 1. The number of hydrogen-bond donors (Lipinski definition) is 1. The number of rotatable bonds is 6. The van der Waals surface area contributed by atoms with Crippen molar-refractivity contribution in [2.75, 3.05) is 14.1 Å². The Balaban J connectivity index is 0.000000527. The number of nitrogens with zero attached hydrogens (tertiary/aromatic N) is 3. The summed E-state index contributed by atoms with van der Waals surface area (Å²) in [5.74, 6) is 0.0227. The van der Waals surface area contributed by atoms with Crippen molar-refractivity contribution in [3.05, 3.63) is 51.1 Å². The average molecular weight is 513 g/mol. The lowest BCUT2D eigenvalue weighted by Gasteiger charge is -2.18. The van der Waals surface area contributed by atoms with Crippen LogP contribution in [-0.2, 0) is 22.4 Å². The summed E-state index contributed by atoms with van der Waals surface area (Å²) in [5.41, 5.74) is 1.96. The summed E-state index contributed by atoms with van der Waals surface area (Å²) in [5, 5.41) is 4.20. The van der Waals surface area contributed by atoms with Crippen LogP contribution in [0.15, 0.2) is 40.3 Å². The number of aryl methyl sites for hydroxylation is 2. The Bertz CT molecular complexity index is 1250. The molecule has 0 aliphatic heterocycles. The zero-order chi connectivity index (χ0) is 24.9. The second kappa shape index (κ2) is 11.4. The average Bonchev–Trinajstić information content (AvgIpc) is 3.58. The predicted molar refractivity (Wildman–Crippen MR) is 143 cm³/mol. The van der Waals surface area contributed by atoms with E-state index in [9.17, 15) is 14.4 Å². The third-order valence-corrected chi connectivity index (χ3v) is 8.52. The summed E-state index contributed by atoms with van der Waals surface area (Å²) in [7, 11) is 3.38. The van der Waals surface area contributed by atoms with Gasteiger partial charge in [-0.2, -0.15) is 0 Å². The van der Waals surface area contributed by atoms with E-state index >= 15 is 0 Å². The largest absolute Gasteiger partial charge is 0.352 e. The van der Waals surface area contributed by atoms with E-state index in [-0.39, 0.29) is 22.8 Å².